The van der Waals surface area contributed by atoms with E-state index in [0.717, 1.165) is 29.9 Å². The largest absolute Gasteiger partial charge is 0.416 e. The zero-order chi connectivity index (χ0) is 15.6. The molecular formula is C15H12F3NO3. The predicted molar refractivity (Wildman–Crippen MR) is 68.8 cm³/mol. The quantitative estimate of drug-likeness (QED) is 0.748. The first-order valence-electron chi connectivity index (χ1n) is 7.08. The standard InChI is InChI=1S/C15H12F3NO3/c16-15(17,18)7-2-1-3-8(6-7)19-13(20)11-9-4-5-10(22-9)12(11)14(19)21/h1-3,6,9-12H,4-5H2. The number of halogens is 3. The lowest BCUT2D eigenvalue weighted by molar-refractivity contribution is -0.137. The molecule has 22 heavy (non-hydrogen) atoms. The monoisotopic (exact) mass is 311 g/mol. The lowest BCUT2D eigenvalue weighted by atomic mass is 9.81. The molecule has 2 amide bonds. The minimum atomic E-state index is -4.51. The molecule has 0 saturated carbocycles. The second kappa shape index (κ2) is 4.32. The highest BCUT2D eigenvalue weighted by Gasteiger charge is 2.62. The molecule has 1 aromatic carbocycles. The van der Waals surface area contributed by atoms with Gasteiger partial charge in [-0.25, -0.2) is 4.90 Å². The van der Waals surface area contributed by atoms with Gasteiger partial charge in [0.2, 0.25) is 11.8 Å². The van der Waals surface area contributed by atoms with Gasteiger partial charge in [0, 0.05) is 0 Å². The van der Waals surface area contributed by atoms with E-state index in [9.17, 15) is 22.8 Å². The van der Waals surface area contributed by atoms with E-state index in [1.165, 1.54) is 12.1 Å². The third-order valence-corrected chi connectivity index (χ3v) is 4.72. The molecule has 0 aromatic heterocycles. The Morgan fingerprint density at radius 1 is 1.05 bits per heavy atom. The van der Waals surface area contributed by atoms with Crippen molar-refractivity contribution < 1.29 is 27.5 Å². The van der Waals surface area contributed by atoms with Gasteiger partial charge in [0.15, 0.2) is 0 Å². The van der Waals surface area contributed by atoms with Gasteiger partial charge in [-0.15, -0.1) is 0 Å². The molecule has 0 radical (unpaired) electrons. The van der Waals surface area contributed by atoms with Crippen LogP contribution in [-0.2, 0) is 20.5 Å². The Labute approximate surface area is 123 Å². The summed E-state index contributed by atoms with van der Waals surface area (Å²) >= 11 is 0. The van der Waals surface area contributed by atoms with Gasteiger partial charge in [-0.1, -0.05) is 6.07 Å². The van der Waals surface area contributed by atoms with Crippen molar-refractivity contribution in [3.8, 4) is 0 Å². The van der Waals surface area contributed by atoms with E-state index in [1.54, 1.807) is 0 Å². The summed E-state index contributed by atoms with van der Waals surface area (Å²) in [7, 11) is 0. The first-order chi connectivity index (χ1) is 10.4. The normalized spacial score (nSPS) is 33.7. The number of nitrogens with zero attached hydrogens (tertiary/aromatic N) is 1. The van der Waals surface area contributed by atoms with E-state index in [4.69, 9.17) is 4.74 Å². The van der Waals surface area contributed by atoms with E-state index in [-0.39, 0.29) is 17.9 Å². The fraction of sp³-hybridized carbons (Fsp3) is 0.467. The molecule has 116 valence electrons. The van der Waals surface area contributed by atoms with Crippen molar-refractivity contribution in [2.75, 3.05) is 4.90 Å². The number of carbonyl (C=O) groups excluding carboxylic acids is 2. The SMILES string of the molecule is O=C1C2C3CCC(O3)C2C(=O)N1c1cccc(C(F)(F)F)c1. The Kier molecular flexibility index (Phi) is 2.70. The number of alkyl halides is 3. The number of fused-ring (bicyclic) bond motifs is 5. The molecule has 2 bridgehead atoms. The lowest BCUT2D eigenvalue weighted by Gasteiger charge is -2.18. The molecule has 1 aromatic rings. The van der Waals surface area contributed by atoms with Crippen molar-refractivity contribution in [2.24, 2.45) is 11.8 Å². The molecule has 3 aliphatic rings. The fourth-order valence-corrected chi connectivity index (χ4v) is 3.79. The number of rotatable bonds is 1. The van der Waals surface area contributed by atoms with Crippen LogP contribution in [0, 0.1) is 11.8 Å². The van der Waals surface area contributed by atoms with Crippen LogP contribution in [0.15, 0.2) is 24.3 Å². The third-order valence-electron chi connectivity index (χ3n) is 4.72. The number of imide groups is 1. The minimum Gasteiger partial charge on any atom is -0.373 e. The average molecular weight is 311 g/mol. The van der Waals surface area contributed by atoms with Crippen LogP contribution < -0.4 is 4.90 Å². The van der Waals surface area contributed by atoms with Gasteiger partial charge in [0.1, 0.15) is 0 Å². The highest BCUT2D eigenvalue weighted by molar-refractivity contribution is 6.22. The Morgan fingerprint density at radius 2 is 1.64 bits per heavy atom. The Bertz CT molecular complexity index is 644. The number of anilines is 1. The van der Waals surface area contributed by atoms with Gasteiger partial charge >= 0.3 is 6.18 Å². The Morgan fingerprint density at radius 3 is 2.18 bits per heavy atom. The van der Waals surface area contributed by atoms with Gasteiger partial charge in [-0.2, -0.15) is 13.2 Å². The van der Waals surface area contributed by atoms with Gasteiger partial charge in [-0.3, -0.25) is 9.59 Å². The number of ether oxygens (including phenoxy) is 1. The maximum atomic E-state index is 12.8. The van der Waals surface area contributed by atoms with Crippen LogP contribution >= 0.6 is 0 Å². The van der Waals surface area contributed by atoms with E-state index in [2.05, 4.69) is 0 Å². The van der Waals surface area contributed by atoms with Crippen LogP contribution in [0.2, 0.25) is 0 Å². The van der Waals surface area contributed by atoms with Crippen LogP contribution in [0.1, 0.15) is 18.4 Å². The van der Waals surface area contributed by atoms with E-state index < -0.39 is 35.4 Å². The summed E-state index contributed by atoms with van der Waals surface area (Å²) in [6.45, 7) is 0. The topological polar surface area (TPSA) is 46.6 Å². The van der Waals surface area contributed by atoms with E-state index in [0.29, 0.717) is 0 Å². The maximum Gasteiger partial charge on any atom is 0.416 e. The van der Waals surface area contributed by atoms with Crippen LogP contribution in [-0.4, -0.2) is 24.0 Å². The summed E-state index contributed by atoms with van der Waals surface area (Å²) in [6.07, 6.45) is -3.62. The number of benzene rings is 1. The zero-order valence-electron chi connectivity index (χ0n) is 11.3. The Balaban J connectivity index is 1.72. The van der Waals surface area contributed by atoms with Crippen molar-refractivity contribution in [2.45, 2.75) is 31.2 Å². The second-order valence-electron chi connectivity index (χ2n) is 5.90. The highest BCUT2D eigenvalue weighted by atomic mass is 19.4. The van der Waals surface area contributed by atoms with Crippen LogP contribution in [0.25, 0.3) is 0 Å². The fourth-order valence-electron chi connectivity index (χ4n) is 3.79. The van der Waals surface area contributed by atoms with Crippen molar-refractivity contribution in [1.29, 1.82) is 0 Å². The molecule has 4 rings (SSSR count). The highest BCUT2D eigenvalue weighted by Crippen LogP contribution is 2.49. The molecular weight excluding hydrogens is 299 g/mol. The van der Waals surface area contributed by atoms with Gasteiger partial charge in [0.25, 0.3) is 0 Å². The van der Waals surface area contributed by atoms with Crippen molar-refractivity contribution in [3.63, 3.8) is 0 Å². The van der Waals surface area contributed by atoms with Crippen molar-refractivity contribution in [1.82, 2.24) is 0 Å². The summed E-state index contributed by atoms with van der Waals surface area (Å²) in [5.74, 6) is -1.97. The maximum absolute atomic E-state index is 12.8. The van der Waals surface area contributed by atoms with Crippen LogP contribution in [0.3, 0.4) is 0 Å². The van der Waals surface area contributed by atoms with E-state index in [1.807, 2.05) is 0 Å². The lowest BCUT2D eigenvalue weighted by Crippen LogP contribution is -2.34. The first-order valence-corrected chi connectivity index (χ1v) is 7.08. The summed E-state index contributed by atoms with van der Waals surface area (Å²) in [5, 5.41) is 0. The average Bonchev–Trinajstić information content (AvgIpc) is 3.12. The number of hydrogen-bond donors (Lipinski definition) is 0. The molecule has 4 atom stereocenters. The molecule has 0 spiro atoms. The van der Waals surface area contributed by atoms with Gasteiger partial charge < -0.3 is 4.74 Å². The van der Waals surface area contributed by atoms with E-state index >= 15 is 0 Å². The van der Waals surface area contributed by atoms with Gasteiger partial charge in [-0.05, 0) is 31.0 Å². The molecule has 3 fully saturated rings. The molecule has 7 heteroatoms. The molecule has 0 N–H and O–H groups in total. The summed E-state index contributed by atoms with van der Waals surface area (Å²) in [4.78, 5) is 25.9. The Hall–Kier alpha value is -1.89. The van der Waals surface area contributed by atoms with Crippen LogP contribution in [0.5, 0.6) is 0 Å². The summed E-state index contributed by atoms with van der Waals surface area (Å²) in [6, 6.07) is 4.33. The molecule has 3 saturated heterocycles. The summed E-state index contributed by atoms with van der Waals surface area (Å²) in [5.41, 5.74) is -0.888. The smallest absolute Gasteiger partial charge is 0.373 e. The van der Waals surface area contributed by atoms with Gasteiger partial charge in [0.05, 0.1) is 35.3 Å². The van der Waals surface area contributed by atoms with Crippen molar-refractivity contribution in [3.05, 3.63) is 29.8 Å². The summed E-state index contributed by atoms with van der Waals surface area (Å²) < 4.78 is 44.0. The molecule has 4 nitrogen and oxygen atoms in total. The minimum absolute atomic E-state index is 0.0152. The number of carbonyl (C=O) groups is 2. The molecule has 3 heterocycles. The van der Waals surface area contributed by atoms with Crippen molar-refractivity contribution >= 4 is 17.5 Å². The molecule has 3 aliphatic heterocycles. The molecule has 0 aliphatic carbocycles. The second-order valence-corrected chi connectivity index (χ2v) is 5.90. The zero-order valence-corrected chi connectivity index (χ0v) is 11.3. The van der Waals surface area contributed by atoms with Crippen LogP contribution in [0.4, 0.5) is 18.9 Å². The predicted octanol–water partition coefficient (Wildman–Crippen LogP) is 2.37. The number of hydrogen-bond acceptors (Lipinski definition) is 3. The molecule has 4 unspecified atom stereocenters. The third kappa shape index (κ3) is 1.75. The first kappa shape index (κ1) is 13.8. The number of amides is 2.